The second kappa shape index (κ2) is 3.66. The fourth-order valence-electron chi connectivity index (χ4n) is 1.66. The van der Waals surface area contributed by atoms with E-state index in [4.69, 9.17) is 4.74 Å². The molecule has 0 bridgehead atoms. The van der Waals surface area contributed by atoms with Gasteiger partial charge < -0.3 is 4.74 Å². The standard InChI is InChI=1S/C12H12O2/c1-2-5-9-8-14-11-7-4-3-6-10(11)12(9)13/h2-4,6-7,9H,1,5,8H2/t9-/m0/s1. The molecule has 72 valence electrons. The monoisotopic (exact) mass is 188 g/mol. The van der Waals surface area contributed by atoms with Crippen LogP contribution in [0.5, 0.6) is 5.75 Å². The van der Waals surface area contributed by atoms with E-state index >= 15 is 0 Å². The molecule has 2 heteroatoms. The maximum absolute atomic E-state index is 11.9. The van der Waals surface area contributed by atoms with Crippen LogP contribution in [0.1, 0.15) is 16.8 Å². The Labute approximate surface area is 83.2 Å². The van der Waals surface area contributed by atoms with Crippen molar-refractivity contribution in [1.82, 2.24) is 0 Å². The summed E-state index contributed by atoms with van der Waals surface area (Å²) in [5.74, 6) is 0.826. The Kier molecular flexibility index (Phi) is 2.35. The van der Waals surface area contributed by atoms with Crippen LogP contribution in [0.3, 0.4) is 0 Å². The van der Waals surface area contributed by atoms with Gasteiger partial charge in [-0.1, -0.05) is 18.2 Å². The molecule has 1 heterocycles. The molecule has 1 atom stereocenters. The summed E-state index contributed by atoms with van der Waals surface area (Å²) in [6, 6.07) is 7.38. The lowest BCUT2D eigenvalue weighted by molar-refractivity contribution is 0.0833. The summed E-state index contributed by atoms with van der Waals surface area (Å²) in [4.78, 5) is 11.9. The first-order chi connectivity index (χ1) is 6.83. The molecule has 1 aromatic carbocycles. The number of allylic oxidation sites excluding steroid dienone is 1. The van der Waals surface area contributed by atoms with Crippen LogP contribution in [0.25, 0.3) is 0 Å². The highest BCUT2D eigenvalue weighted by atomic mass is 16.5. The van der Waals surface area contributed by atoms with E-state index in [0.29, 0.717) is 24.3 Å². The van der Waals surface area contributed by atoms with Crippen molar-refractivity contribution in [1.29, 1.82) is 0 Å². The number of hydrogen-bond acceptors (Lipinski definition) is 2. The van der Waals surface area contributed by atoms with Gasteiger partial charge in [0.2, 0.25) is 0 Å². The van der Waals surface area contributed by atoms with E-state index in [9.17, 15) is 4.79 Å². The van der Waals surface area contributed by atoms with Crippen molar-refractivity contribution in [2.75, 3.05) is 6.61 Å². The molecule has 0 saturated carbocycles. The quantitative estimate of drug-likeness (QED) is 0.666. The maximum Gasteiger partial charge on any atom is 0.173 e. The normalized spacial score (nSPS) is 19.7. The molecule has 0 aromatic heterocycles. The zero-order valence-electron chi connectivity index (χ0n) is 7.90. The van der Waals surface area contributed by atoms with Crippen LogP contribution in [0.4, 0.5) is 0 Å². The van der Waals surface area contributed by atoms with Gasteiger partial charge in [-0.15, -0.1) is 6.58 Å². The van der Waals surface area contributed by atoms with Crippen LogP contribution < -0.4 is 4.74 Å². The minimum absolute atomic E-state index is 0.0533. The first kappa shape index (κ1) is 9.00. The molecular formula is C12H12O2. The highest BCUT2D eigenvalue weighted by molar-refractivity contribution is 6.01. The Morgan fingerprint density at radius 3 is 3.07 bits per heavy atom. The van der Waals surface area contributed by atoms with Crippen molar-refractivity contribution in [2.24, 2.45) is 5.92 Å². The molecule has 0 radical (unpaired) electrons. The van der Waals surface area contributed by atoms with Crippen LogP contribution in [0.2, 0.25) is 0 Å². The Morgan fingerprint density at radius 2 is 2.29 bits per heavy atom. The van der Waals surface area contributed by atoms with Crippen LogP contribution in [0.15, 0.2) is 36.9 Å². The number of rotatable bonds is 2. The first-order valence-electron chi connectivity index (χ1n) is 4.70. The van der Waals surface area contributed by atoms with Gasteiger partial charge in [0.1, 0.15) is 5.75 Å². The number of ketones is 1. The fraction of sp³-hybridized carbons (Fsp3) is 0.250. The summed E-state index contributed by atoms with van der Waals surface area (Å²) in [6.45, 7) is 4.11. The predicted molar refractivity (Wildman–Crippen MR) is 54.6 cm³/mol. The SMILES string of the molecule is C=CC[C@H]1COc2ccccc2C1=O. The number of fused-ring (bicyclic) bond motifs is 1. The van der Waals surface area contributed by atoms with Crippen molar-refractivity contribution in [3.8, 4) is 5.75 Å². The number of para-hydroxylation sites is 1. The molecule has 0 saturated heterocycles. The third kappa shape index (κ3) is 1.43. The summed E-state index contributed by atoms with van der Waals surface area (Å²) in [6.07, 6.45) is 2.45. The zero-order valence-corrected chi connectivity index (χ0v) is 7.90. The molecular weight excluding hydrogens is 176 g/mol. The number of hydrogen-bond donors (Lipinski definition) is 0. The molecule has 0 fully saturated rings. The summed E-state index contributed by atoms with van der Waals surface area (Å²) < 4.78 is 5.49. The van der Waals surface area contributed by atoms with Gasteiger partial charge >= 0.3 is 0 Å². The number of Topliss-reactive ketones (excluding diaryl/α,β-unsaturated/α-hetero) is 1. The van der Waals surface area contributed by atoms with E-state index in [-0.39, 0.29) is 11.7 Å². The van der Waals surface area contributed by atoms with Gasteiger partial charge in [-0.3, -0.25) is 4.79 Å². The van der Waals surface area contributed by atoms with E-state index in [1.807, 2.05) is 24.3 Å². The topological polar surface area (TPSA) is 26.3 Å². The number of ether oxygens (including phenoxy) is 1. The molecule has 0 unspecified atom stereocenters. The Bertz CT molecular complexity index is 368. The summed E-state index contributed by atoms with van der Waals surface area (Å²) in [7, 11) is 0. The van der Waals surface area contributed by atoms with E-state index in [1.54, 1.807) is 6.08 Å². The average Bonchev–Trinajstić information content (AvgIpc) is 2.23. The van der Waals surface area contributed by atoms with Crippen molar-refractivity contribution in [3.63, 3.8) is 0 Å². The fourth-order valence-corrected chi connectivity index (χ4v) is 1.66. The lowest BCUT2D eigenvalue weighted by Gasteiger charge is -2.22. The molecule has 0 aliphatic carbocycles. The minimum Gasteiger partial charge on any atom is -0.492 e. The molecule has 14 heavy (non-hydrogen) atoms. The summed E-state index contributed by atoms with van der Waals surface area (Å²) >= 11 is 0. The van der Waals surface area contributed by atoms with Crippen LogP contribution >= 0.6 is 0 Å². The van der Waals surface area contributed by atoms with E-state index in [2.05, 4.69) is 6.58 Å². The summed E-state index contributed by atoms with van der Waals surface area (Å²) in [5, 5.41) is 0. The van der Waals surface area contributed by atoms with Gasteiger partial charge in [-0.05, 0) is 18.6 Å². The number of benzene rings is 1. The molecule has 0 spiro atoms. The first-order valence-corrected chi connectivity index (χ1v) is 4.70. The number of carbonyl (C=O) groups excluding carboxylic acids is 1. The largest absolute Gasteiger partial charge is 0.492 e. The lowest BCUT2D eigenvalue weighted by atomic mass is 9.93. The molecule has 0 amide bonds. The van der Waals surface area contributed by atoms with Gasteiger partial charge in [0.05, 0.1) is 18.1 Å². The Hall–Kier alpha value is -1.57. The second-order valence-corrected chi connectivity index (χ2v) is 3.39. The predicted octanol–water partition coefficient (Wildman–Crippen LogP) is 2.45. The van der Waals surface area contributed by atoms with Crippen molar-refractivity contribution < 1.29 is 9.53 Å². The van der Waals surface area contributed by atoms with Crippen molar-refractivity contribution in [3.05, 3.63) is 42.5 Å². The molecule has 1 aromatic rings. The Morgan fingerprint density at radius 1 is 1.50 bits per heavy atom. The molecule has 1 aliphatic heterocycles. The van der Waals surface area contributed by atoms with E-state index in [0.717, 1.165) is 0 Å². The smallest absolute Gasteiger partial charge is 0.173 e. The van der Waals surface area contributed by atoms with Crippen LogP contribution in [0, 0.1) is 5.92 Å². The van der Waals surface area contributed by atoms with Gasteiger partial charge in [0, 0.05) is 0 Å². The zero-order chi connectivity index (χ0) is 9.97. The highest BCUT2D eigenvalue weighted by Gasteiger charge is 2.26. The summed E-state index contributed by atoms with van der Waals surface area (Å²) in [5.41, 5.74) is 0.700. The van der Waals surface area contributed by atoms with Crippen molar-refractivity contribution in [2.45, 2.75) is 6.42 Å². The molecule has 2 rings (SSSR count). The van der Waals surface area contributed by atoms with E-state index < -0.39 is 0 Å². The maximum atomic E-state index is 11.9. The van der Waals surface area contributed by atoms with Crippen LogP contribution in [-0.2, 0) is 0 Å². The second-order valence-electron chi connectivity index (χ2n) is 3.39. The average molecular weight is 188 g/mol. The van der Waals surface area contributed by atoms with Gasteiger partial charge in [-0.25, -0.2) is 0 Å². The molecule has 0 N–H and O–H groups in total. The third-order valence-electron chi connectivity index (χ3n) is 2.41. The van der Waals surface area contributed by atoms with Crippen molar-refractivity contribution >= 4 is 5.78 Å². The highest BCUT2D eigenvalue weighted by Crippen LogP contribution is 2.28. The minimum atomic E-state index is -0.0533. The number of carbonyl (C=O) groups is 1. The van der Waals surface area contributed by atoms with Gasteiger partial charge in [0.25, 0.3) is 0 Å². The van der Waals surface area contributed by atoms with Gasteiger partial charge in [-0.2, -0.15) is 0 Å². The molecule has 2 nitrogen and oxygen atoms in total. The molecule has 1 aliphatic rings. The third-order valence-corrected chi connectivity index (χ3v) is 2.41. The Balaban J connectivity index is 2.31. The lowest BCUT2D eigenvalue weighted by Crippen LogP contribution is -2.27. The van der Waals surface area contributed by atoms with Gasteiger partial charge in [0.15, 0.2) is 5.78 Å². The van der Waals surface area contributed by atoms with Crippen LogP contribution in [-0.4, -0.2) is 12.4 Å². The van der Waals surface area contributed by atoms with E-state index in [1.165, 1.54) is 0 Å².